The molecule has 7 rings (SSSR count). The number of rotatable bonds is 36. The first-order valence-corrected chi connectivity index (χ1v) is 36.4. The van der Waals surface area contributed by atoms with Gasteiger partial charge in [0.25, 0.3) is 0 Å². The maximum Gasteiger partial charge on any atom is 0.226 e. The van der Waals surface area contributed by atoms with Crippen molar-refractivity contribution in [2.75, 3.05) is 52.5 Å². The molecule has 0 spiro atoms. The summed E-state index contributed by atoms with van der Waals surface area (Å²) >= 11 is 0. The van der Waals surface area contributed by atoms with Crippen LogP contribution in [-0.2, 0) is 57.5 Å². The molecule has 0 aromatic heterocycles. The lowest BCUT2D eigenvalue weighted by Gasteiger charge is -2.28. The lowest BCUT2D eigenvalue weighted by molar-refractivity contribution is -0.132. The topological polar surface area (TPSA) is 466 Å². The molecule has 3 aliphatic heterocycles. The Labute approximate surface area is 576 Å². The molecule has 3 saturated heterocycles. The third kappa shape index (κ3) is 23.8. The van der Waals surface area contributed by atoms with Crippen molar-refractivity contribution < 1.29 is 67.7 Å². The summed E-state index contributed by atoms with van der Waals surface area (Å²) in [5.41, 5.74) is 11.7. The lowest BCUT2D eigenvalue weighted by atomic mass is 9.96. The van der Waals surface area contributed by atoms with Gasteiger partial charge in [-0.15, -0.1) is 0 Å². The van der Waals surface area contributed by atoms with E-state index in [1.54, 1.807) is 0 Å². The highest BCUT2D eigenvalue weighted by Gasteiger charge is 2.44. The van der Waals surface area contributed by atoms with Crippen molar-refractivity contribution in [1.29, 1.82) is 0 Å². The minimum absolute atomic E-state index is 0.00464. The van der Waals surface area contributed by atoms with E-state index in [4.69, 9.17) is 11.5 Å². The zero-order valence-corrected chi connectivity index (χ0v) is 58.4. The molecule has 0 aromatic rings. The monoisotopic (exact) mass is 1380 g/mol. The average molecular weight is 1380 g/mol. The Bertz CT molecular complexity index is 2760. The molecule has 552 valence electrons. The van der Waals surface area contributed by atoms with E-state index in [-0.39, 0.29) is 116 Å². The van der Waals surface area contributed by atoms with E-state index in [0.717, 1.165) is 25.7 Å². The standard InChI is InChI=1S/C68H116N16O14/c1-35(2)19-38(74-57(87)23-39(20-36(3)4)77-67(97)48-28-72-31-55(48)81-59(89)24-40(21-37(5)6)76-64(94)45-13-9-17-52(45)82-63(93)43-11-7-15-50(43)69)22-58(88)75-41(33-85)25-60(90)79-51-16-8-12-44(51)66(96)84-56-32-73-29-49(56)68(98)83-53-18-10-14-46(53)65(95)78-42(34-86)26-61(91)80-54-30-71-27-47(54)62(70)92/h35-56,71-73,85-86H,7-34,69H2,1-6H3,(H2,70,92)(H,74,87)(H,75,88)(H,76,94)(H,77,97)(H,78,95)(H,79,90)(H,80,91)(H,81,89)(H,82,93)(H,83,98)(H,84,96)/t38-,39-,40-,41+,42+,43-,44-,45-,46-,47-,48-,49-,50-,51-,52-,53-,54-,55-,56-/m0/s1. The molecule has 19 atom stereocenters. The lowest BCUT2D eigenvalue weighted by Crippen LogP contribution is -2.53. The molecule has 0 unspecified atom stereocenters. The molecule has 0 aromatic carbocycles. The van der Waals surface area contributed by atoms with Crippen molar-refractivity contribution in [3.63, 3.8) is 0 Å². The Morgan fingerprint density at radius 2 is 0.633 bits per heavy atom. The molecule has 7 fully saturated rings. The van der Waals surface area contributed by atoms with Crippen LogP contribution in [0.4, 0.5) is 0 Å². The predicted octanol–water partition coefficient (Wildman–Crippen LogP) is -2.94. The Kier molecular flexibility index (Phi) is 30.7. The average Bonchev–Trinajstić information content (AvgIpc) is 1.69. The van der Waals surface area contributed by atoms with Gasteiger partial charge in [-0.1, -0.05) is 67.2 Å². The van der Waals surface area contributed by atoms with Crippen LogP contribution in [0.1, 0.15) is 170 Å². The van der Waals surface area contributed by atoms with Crippen molar-refractivity contribution >= 4 is 70.9 Å². The largest absolute Gasteiger partial charge is 0.394 e. The molecule has 0 bridgehead atoms. The fourth-order valence-electron chi connectivity index (χ4n) is 15.9. The van der Waals surface area contributed by atoms with Gasteiger partial charge in [-0.3, -0.25) is 57.5 Å². The first-order chi connectivity index (χ1) is 46.7. The summed E-state index contributed by atoms with van der Waals surface area (Å²) in [5.74, 6) is -8.04. The van der Waals surface area contributed by atoms with E-state index >= 15 is 0 Å². The van der Waals surface area contributed by atoms with E-state index in [1.165, 1.54) is 0 Å². The van der Waals surface area contributed by atoms with E-state index < -0.39 is 145 Å². The molecule has 3 heterocycles. The van der Waals surface area contributed by atoms with Crippen LogP contribution < -0.4 is 85.9 Å². The summed E-state index contributed by atoms with van der Waals surface area (Å²) in [7, 11) is 0. The van der Waals surface area contributed by atoms with Crippen LogP contribution in [0, 0.1) is 59.2 Å². The van der Waals surface area contributed by atoms with Gasteiger partial charge in [0.2, 0.25) is 70.9 Å². The molecule has 20 N–H and O–H groups in total. The highest BCUT2D eigenvalue weighted by Crippen LogP contribution is 2.32. The Balaban J connectivity index is 0.836. The number of hydrogen-bond acceptors (Lipinski definition) is 18. The summed E-state index contributed by atoms with van der Waals surface area (Å²) < 4.78 is 0. The number of aliphatic hydroxyl groups is 2. The Hall–Kier alpha value is -6.60. The zero-order valence-electron chi connectivity index (χ0n) is 58.4. The van der Waals surface area contributed by atoms with Crippen LogP contribution in [0.15, 0.2) is 0 Å². The summed E-state index contributed by atoms with van der Waals surface area (Å²) in [6.07, 6.45) is 8.39. The van der Waals surface area contributed by atoms with Crippen LogP contribution in [0.5, 0.6) is 0 Å². The molecule has 98 heavy (non-hydrogen) atoms. The third-order valence-electron chi connectivity index (χ3n) is 20.8. The summed E-state index contributed by atoms with van der Waals surface area (Å²) in [6.45, 7) is 12.7. The molecular formula is C68H116N16O14. The smallest absolute Gasteiger partial charge is 0.226 e. The van der Waals surface area contributed by atoms with Gasteiger partial charge in [0.15, 0.2) is 0 Å². The van der Waals surface area contributed by atoms with Crippen molar-refractivity contribution in [1.82, 2.24) is 74.4 Å². The number of primary amides is 1. The summed E-state index contributed by atoms with van der Waals surface area (Å²) in [6, 6.07) is -6.88. The number of carbonyl (C=O) groups is 12. The second-order valence-corrected chi connectivity index (χ2v) is 30.3. The number of nitrogens with two attached hydrogens (primary N) is 2. The van der Waals surface area contributed by atoms with Crippen LogP contribution in [-0.4, -0.2) is 206 Å². The number of nitrogens with one attached hydrogen (secondary N) is 14. The van der Waals surface area contributed by atoms with E-state index in [1.807, 2.05) is 41.5 Å². The van der Waals surface area contributed by atoms with Crippen molar-refractivity contribution in [2.45, 2.75) is 242 Å². The Morgan fingerprint density at radius 1 is 0.337 bits per heavy atom. The van der Waals surface area contributed by atoms with Gasteiger partial charge in [0, 0.05) is 114 Å². The van der Waals surface area contributed by atoms with Crippen molar-refractivity contribution in [2.24, 2.45) is 70.6 Å². The van der Waals surface area contributed by atoms with Gasteiger partial charge in [-0.25, -0.2) is 0 Å². The van der Waals surface area contributed by atoms with E-state index in [2.05, 4.69) is 74.4 Å². The van der Waals surface area contributed by atoms with Gasteiger partial charge in [0.05, 0.1) is 84.8 Å². The molecule has 0 radical (unpaired) electrons. The maximum atomic E-state index is 14.1. The van der Waals surface area contributed by atoms with Gasteiger partial charge in [0.1, 0.15) is 0 Å². The highest BCUT2D eigenvalue weighted by molar-refractivity contribution is 5.89. The number of aliphatic hydroxyl groups excluding tert-OH is 2. The molecule has 30 heteroatoms. The molecular weight excluding hydrogens is 1260 g/mol. The van der Waals surface area contributed by atoms with Crippen LogP contribution >= 0.6 is 0 Å². The van der Waals surface area contributed by atoms with Gasteiger partial charge in [-0.05, 0) is 88.4 Å². The Morgan fingerprint density at radius 3 is 1.07 bits per heavy atom. The zero-order chi connectivity index (χ0) is 71.3. The first kappa shape index (κ1) is 78.7. The van der Waals surface area contributed by atoms with Crippen LogP contribution in [0.25, 0.3) is 0 Å². The van der Waals surface area contributed by atoms with Gasteiger partial charge >= 0.3 is 0 Å². The molecule has 12 amide bonds. The first-order valence-electron chi connectivity index (χ1n) is 36.4. The van der Waals surface area contributed by atoms with Crippen molar-refractivity contribution in [3.05, 3.63) is 0 Å². The van der Waals surface area contributed by atoms with Crippen LogP contribution in [0.2, 0.25) is 0 Å². The number of carbonyl (C=O) groups excluding carboxylic acids is 12. The highest BCUT2D eigenvalue weighted by atomic mass is 16.3. The minimum Gasteiger partial charge on any atom is -0.394 e. The van der Waals surface area contributed by atoms with Gasteiger partial charge < -0.3 is 96.1 Å². The second-order valence-electron chi connectivity index (χ2n) is 30.3. The molecule has 4 aliphatic carbocycles. The van der Waals surface area contributed by atoms with Crippen molar-refractivity contribution in [3.8, 4) is 0 Å². The second kappa shape index (κ2) is 38.3. The quantitative estimate of drug-likeness (QED) is 0.0298. The van der Waals surface area contributed by atoms with Crippen LogP contribution in [0.3, 0.4) is 0 Å². The van der Waals surface area contributed by atoms with E-state index in [0.29, 0.717) is 96.8 Å². The normalized spacial score (nSPS) is 29.0. The minimum atomic E-state index is -0.994. The maximum absolute atomic E-state index is 14.1. The number of amides is 12. The third-order valence-corrected chi connectivity index (χ3v) is 20.8. The predicted molar refractivity (Wildman–Crippen MR) is 362 cm³/mol. The SMILES string of the molecule is CC(C)C[C@@H](CC(=O)N[C@@H](CO)CC(=O)N[C@H]1CCC[C@@H]1C(=O)N[C@H]1CNC[C@@H]1C(=O)N[C@H]1CCC[C@@H]1C(=O)N[C@@H](CO)CC(=O)N[C@H]1CNC[C@@H]1C(N)=O)NC(=O)C[C@H](CC(C)C)NC(=O)[C@H]1CNC[C@@H]1NC(=O)C[C@H](CC(C)C)NC(=O)[C@H]1CCC[C@@H]1NC(=O)[C@H]1CCC[C@@H]1N. The fraction of sp³-hybridized carbons (Fsp3) is 0.824. The van der Waals surface area contributed by atoms with Gasteiger partial charge in [-0.2, -0.15) is 0 Å². The van der Waals surface area contributed by atoms with E-state index in [9.17, 15) is 67.7 Å². The molecule has 4 saturated carbocycles. The number of hydrogen-bond donors (Lipinski definition) is 18. The molecule has 30 nitrogen and oxygen atoms in total. The summed E-state index contributed by atoms with van der Waals surface area (Å²) in [4.78, 5) is 162. The summed E-state index contributed by atoms with van der Waals surface area (Å²) in [5, 5.41) is 62.5. The molecule has 7 aliphatic rings. The fourth-order valence-corrected chi connectivity index (χ4v) is 15.9.